The predicted molar refractivity (Wildman–Crippen MR) is 142 cm³/mol. The highest BCUT2D eigenvalue weighted by Crippen LogP contribution is 2.34. The van der Waals surface area contributed by atoms with E-state index in [-0.39, 0.29) is 22.7 Å². The number of hydrogen-bond donors (Lipinski definition) is 3. The molecule has 0 aromatic heterocycles. The van der Waals surface area contributed by atoms with Crippen molar-refractivity contribution in [3.05, 3.63) is 95.3 Å². The number of anilines is 1. The molecule has 2 aliphatic heterocycles. The third kappa shape index (κ3) is 5.41. The van der Waals surface area contributed by atoms with E-state index in [0.717, 1.165) is 3.57 Å². The zero-order valence-electron chi connectivity index (χ0n) is 16.4. The molecule has 13 heteroatoms. The van der Waals surface area contributed by atoms with Crippen LogP contribution in [0.5, 0.6) is 0 Å². The standard InChI is InChI=1S/C20H14Cl3IN4O3S2/c21-11-6-15(22)14(16(23)7-11)9-25-20(29)13-4-3-12(24)8-17(13)27-33(30,31)19-2-1-5-28-18(19)10-26-32-28/h1-8,10,26-27H,9H2,(H,25,29). The van der Waals surface area contributed by atoms with Crippen LogP contribution in [0.15, 0.2) is 65.5 Å². The minimum atomic E-state index is -3.99. The van der Waals surface area contributed by atoms with E-state index >= 15 is 0 Å². The number of carbonyl (C=O) groups excluding carboxylic acids is 1. The normalized spacial score (nSPS) is 14.8. The Morgan fingerprint density at radius 1 is 1.15 bits per heavy atom. The molecule has 2 aromatic carbocycles. The van der Waals surface area contributed by atoms with E-state index in [0.29, 0.717) is 26.3 Å². The van der Waals surface area contributed by atoms with Crippen LogP contribution < -0.4 is 14.8 Å². The molecular weight excluding hydrogens is 642 g/mol. The number of carbonyl (C=O) groups is 1. The summed E-state index contributed by atoms with van der Waals surface area (Å²) in [6.45, 7) is 0.0343. The fraction of sp³-hybridized carbons (Fsp3) is 0.0500. The third-order valence-electron chi connectivity index (χ3n) is 4.60. The number of sulfonamides is 1. The van der Waals surface area contributed by atoms with E-state index in [1.807, 2.05) is 22.6 Å². The maximum Gasteiger partial charge on any atom is 0.264 e. The minimum absolute atomic E-state index is 0.0343. The number of halogens is 4. The first-order valence-corrected chi connectivity index (χ1v) is 13.7. The molecule has 2 aromatic rings. The van der Waals surface area contributed by atoms with Gasteiger partial charge in [0.15, 0.2) is 0 Å². The lowest BCUT2D eigenvalue weighted by Gasteiger charge is -2.21. The van der Waals surface area contributed by atoms with Crippen LogP contribution >= 0.6 is 69.5 Å². The van der Waals surface area contributed by atoms with E-state index in [1.165, 1.54) is 30.3 Å². The molecule has 172 valence electrons. The van der Waals surface area contributed by atoms with Crippen molar-refractivity contribution in [3.63, 3.8) is 0 Å². The van der Waals surface area contributed by atoms with Gasteiger partial charge in [-0.05, 0) is 65.1 Å². The molecule has 4 rings (SSSR count). The highest BCUT2D eigenvalue weighted by molar-refractivity contribution is 14.1. The second kappa shape index (κ2) is 9.96. The number of allylic oxidation sites excluding steroid dienone is 2. The average molecular weight is 656 g/mol. The van der Waals surface area contributed by atoms with Crippen molar-refractivity contribution in [2.75, 3.05) is 4.72 Å². The molecule has 0 saturated carbocycles. The summed E-state index contributed by atoms with van der Waals surface area (Å²) < 4.78 is 34.3. The average Bonchev–Trinajstić information content (AvgIpc) is 3.21. The van der Waals surface area contributed by atoms with Crippen molar-refractivity contribution in [1.29, 1.82) is 0 Å². The van der Waals surface area contributed by atoms with Crippen LogP contribution in [0.1, 0.15) is 15.9 Å². The second-order valence-electron chi connectivity index (χ2n) is 6.76. The van der Waals surface area contributed by atoms with E-state index in [1.54, 1.807) is 41.0 Å². The van der Waals surface area contributed by atoms with Gasteiger partial charge in [0.25, 0.3) is 15.9 Å². The largest absolute Gasteiger partial charge is 0.348 e. The van der Waals surface area contributed by atoms with Crippen molar-refractivity contribution in [2.45, 2.75) is 6.54 Å². The Balaban J connectivity index is 1.59. The Morgan fingerprint density at radius 3 is 2.61 bits per heavy atom. The zero-order chi connectivity index (χ0) is 23.8. The quantitative estimate of drug-likeness (QED) is 0.276. The molecule has 0 radical (unpaired) electrons. The Labute approximate surface area is 223 Å². The van der Waals surface area contributed by atoms with Gasteiger partial charge in [0, 0.05) is 43.1 Å². The first-order chi connectivity index (χ1) is 15.7. The number of nitrogens with zero attached hydrogens (tertiary/aromatic N) is 1. The Bertz CT molecular complexity index is 1320. The van der Waals surface area contributed by atoms with Gasteiger partial charge in [-0.25, -0.2) is 8.42 Å². The van der Waals surface area contributed by atoms with Crippen molar-refractivity contribution in [2.24, 2.45) is 0 Å². The summed E-state index contributed by atoms with van der Waals surface area (Å²) in [6, 6.07) is 7.90. The van der Waals surface area contributed by atoms with Crippen LogP contribution in [-0.4, -0.2) is 18.6 Å². The number of fused-ring (bicyclic) bond motifs is 1. The zero-order valence-corrected chi connectivity index (χ0v) is 22.5. The summed E-state index contributed by atoms with van der Waals surface area (Å²) in [5.41, 5.74) is 1.28. The molecule has 0 atom stereocenters. The number of benzene rings is 2. The van der Waals surface area contributed by atoms with E-state index in [9.17, 15) is 13.2 Å². The predicted octanol–water partition coefficient (Wildman–Crippen LogP) is 5.64. The van der Waals surface area contributed by atoms with Gasteiger partial charge in [-0.1, -0.05) is 34.8 Å². The molecule has 0 spiro atoms. The van der Waals surface area contributed by atoms with Gasteiger partial charge in [0.2, 0.25) is 0 Å². The number of amides is 1. The number of hydrogen-bond acceptors (Lipinski definition) is 6. The maximum atomic E-state index is 13.2. The summed E-state index contributed by atoms with van der Waals surface area (Å²) in [6.07, 6.45) is 6.47. The molecule has 3 N–H and O–H groups in total. The molecule has 33 heavy (non-hydrogen) atoms. The molecule has 7 nitrogen and oxygen atoms in total. The van der Waals surface area contributed by atoms with Gasteiger partial charge in [-0.3, -0.25) is 13.8 Å². The van der Waals surface area contributed by atoms with E-state index in [4.69, 9.17) is 34.8 Å². The Kier molecular flexibility index (Phi) is 7.41. The van der Waals surface area contributed by atoms with E-state index < -0.39 is 15.9 Å². The van der Waals surface area contributed by atoms with Gasteiger partial charge < -0.3 is 10.0 Å². The van der Waals surface area contributed by atoms with Crippen LogP contribution in [-0.2, 0) is 16.6 Å². The van der Waals surface area contributed by atoms with E-state index in [2.05, 4.69) is 14.8 Å². The minimum Gasteiger partial charge on any atom is -0.348 e. The van der Waals surface area contributed by atoms with Crippen LogP contribution in [0.25, 0.3) is 0 Å². The lowest BCUT2D eigenvalue weighted by atomic mass is 10.1. The third-order valence-corrected chi connectivity index (χ3v) is 8.31. The first kappa shape index (κ1) is 24.6. The Hall–Kier alpha value is -1.57. The SMILES string of the molecule is O=C(NCc1c(Cl)cc(Cl)cc1Cl)c1ccc(I)cc1NS(=O)(=O)C1=CC=CN2SNC=C12. The van der Waals surface area contributed by atoms with Gasteiger partial charge in [-0.15, -0.1) is 0 Å². The molecule has 0 fully saturated rings. The fourth-order valence-electron chi connectivity index (χ4n) is 3.07. The molecular formula is C20H14Cl3IN4O3S2. The fourth-order valence-corrected chi connectivity index (χ4v) is 6.48. The molecule has 0 saturated heterocycles. The van der Waals surface area contributed by atoms with Crippen molar-refractivity contribution in [1.82, 2.24) is 14.3 Å². The molecule has 0 unspecified atom stereocenters. The van der Waals surface area contributed by atoms with Crippen molar-refractivity contribution in [3.8, 4) is 0 Å². The second-order valence-corrected chi connectivity index (χ2v) is 11.7. The summed E-state index contributed by atoms with van der Waals surface area (Å²) >= 11 is 21.6. The van der Waals surface area contributed by atoms with Gasteiger partial charge >= 0.3 is 0 Å². The molecule has 0 aliphatic carbocycles. The van der Waals surface area contributed by atoms with Gasteiger partial charge in [0.05, 0.1) is 29.1 Å². The summed E-state index contributed by atoms with van der Waals surface area (Å²) in [5, 5.41) is 3.74. The van der Waals surface area contributed by atoms with Crippen LogP contribution in [0.4, 0.5) is 5.69 Å². The smallest absolute Gasteiger partial charge is 0.264 e. The summed E-state index contributed by atoms with van der Waals surface area (Å²) in [4.78, 5) is 13.0. The molecule has 0 bridgehead atoms. The van der Waals surface area contributed by atoms with Crippen LogP contribution in [0, 0.1) is 3.57 Å². The number of nitrogens with one attached hydrogen (secondary N) is 3. The van der Waals surface area contributed by atoms with Crippen molar-refractivity contribution >= 4 is 91.1 Å². The Morgan fingerprint density at radius 2 is 1.88 bits per heavy atom. The van der Waals surface area contributed by atoms with Gasteiger partial charge in [-0.2, -0.15) is 0 Å². The first-order valence-electron chi connectivity index (χ1n) is 9.20. The molecule has 2 aliphatic rings. The highest BCUT2D eigenvalue weighted by Gasteiger charge is 2.30. The van der Waals surface area contributed by atoms with Crippen LogP contribution in [0.3, 0.4) is 0 Å². The lowest BCUT2D eigenvalue weighted by molar-refractivity contribution is 0.0952. The maximum absolute atomic E-state index is 13.2. The molecule has 1 amide bonds. The topological polar surface area (TPSA) is 90.5 Å². The summed E-state index contributed by atoms with van der Waals surface area (Å²) in [7, 11) is -3.99. The summed E-state index contributed by atoms with van der Waals surface area (Å²) in [5.74, 6) is -0.498. The number of rotatable bonds is 6. The molecule has 2 heterocycles. The monoisotopic (exact) mass is 654 g/mol. The van der Waals surface area contributed by atoms with Crippen LogP contribution in [0.2, 0.25) is 15.1 Å². The van der Waals surface area contributed by atoms with Crippen molar-refractivity contribution < 1.29 is 13.2 Å². The lowest BCUT2D eigenvalue weighted by Crippen LogP contribution is -2.26. The highest BCUT2D eigenvalue weighted by atomic mass is 127. The van der Waals surface area contributed by atoms with Gasteiger partial charge in [0.1, 0.15) is 4.91 Å².